The van der Waals surface area contributed by atoms with Crippen molar-refractivity contribution in [3.8, 4) is 17.1 Å². The second-order valence-electron chi connectivity index (χ2n) is 15.8. The lowest BCUT2D eigenvalue weighted by atomic mass is 9.73. The van der Waals surface area contributed by atoms with E-state index in [9.17, 15) is 19.5 Å². The molecule has 4 heterocycles. The molecule has 8 rings (SSSR count). The molecule has 2 N–H and O–H groups in total. The van der Waals surface area contributed by atoms with Crippen LogP contribution in [0.5, 0.6) is 5.75 Å². The zero-order valence-electron chi connectivity index (χ0n) is 31.8. The van der Waals surface area contributed by atoms with Crippen molar-refractivity contribution in [3.63, 3.8) is 0 Å². The summed E-state index contributed by atoms with van der Waals surface area (Å²) >= 11 is 6.53. The van der Waals surface area contributed by atoms with Crippen LogP contribution in [0, 0.1) is 25.5 Å². The number of carbonyl (C=O) groups excluding carboxylic acids is 2. The highest BCUT2D eigenvalue weighted by molar-refractivity contribution is 6.33. The van der Waals surface area contributed by atoms with Gasteiger partial charge in [0.1, 0.15) is 24.5 Å². The maximum Gasteiger partial charge on any atom is 0.279 e. The minimum atomic E-state index is -0.689. The molecule has 2 amide bonds. The predicted molar refractivity (Wildman–Crippen MR) is 205 cm³/mol. The Bertz CT molecular complexity index is 2510. The predicted octanol–water partition coefficient (Wildman–Crippen LogP) is 5.86. The number of aromatic nitrogens is 6. The molecule has 56 heavy (non-hydrogen) atoms. The number of halogens is 3. The molecule has 1 aliphatic heterocycles. The molecule has 3 aliphatic rings. The molecule has 1 spiro atoms. The monoisotopic (exact) mass is 785 g/mol. The van der Waals surface area contributed by atoms with Crippen molar-refractivity contribution in [1.82, 2.24) is 38.9 Å². The minimum Gasteiger partial charge on any atom is -0.504 e. The number of carbonyl (C=O) groups is 2. The van der Waals surface area contributed by atoms with Gasteiger partial charge in [0.2, 0.25) is 11.7 Å². The number of aryl methyl sites for hydroxylation is 1. The van der Waals surface area contributed by atoms with Gasteiger partial charge < -0.3 is 24.8 Å². The average Bonchev–Trinajstić information content (AvgIpc) is 3.83. The number of anilines is 1. The summed E-state index contributed by atoms with van der Waals surface area (Å²) in [4.78, 5) is 58.3. The minimum absolute atomic E-state index is 0.0141. The molecule has 1 unspecified atom stereocenters. The van der Waals surface area contributed by atoms with Gasteiger partial charge in [-0.15, -0.1) is 5.10 Å². The first kappa shape index (κ1) is 37.6. The van der Waals surface area contributed by atoms with Gasteiger partial charge in [-0.25, -0.2) is 18.7 Å². The zero-order valence-corrected chi connectivity index (χ0v) is 32.5. The first-order valence-electron chi connectivity index (χ1n) is 18.7. The van der Waals surface area contributed by atoms with Crippen molar-refractivity contribution in [2.24, 2.45) is 0 Å². The lowest BCUT2D eigenvalue weighted by molar-refractivity contribution is -0.116. The molecule has 292 valence electrons. The van der Waals surface area contributed by atoms with Crippen LogP contribution in [0.3, 0.4) is 0 Å². The molecule has 3 aromatic heterocycles. The van der Waals surface area contributed by atoms with Gasteiger partial charge in [-0.1, -0.05) is 24.6 Å². The van der Waals surface area contributed by atoms with E-state index < -0.39 is 34.4 Å². The highest BCUT2D eigenvalue weighted by atomic mass is 35.5. The fraction of sp³-hybridized carbons (Fsp3) is 0.425. The Kier molecular flexibility index (Phi) is 9.43. The van der Waals surface area contributed by atoms with Gasteiger partial charge in [-0.2, -0.15) is 9.50 Å². The summed E-state index contributed by atoms with van der Waals surface area (Å²) in [5.41, 5.74) is 2.13. The Morgan fingerprint density at radius 2 is 1.84 bits per heavy atom. The lowest BCUT2D eigenvalue weighted by Crippen LogP contribution is -2.46. The highest BCUT2D eigenvalue weighted by Crippen LogP contribution is 2.51. The number of likely N-dealkylation sites (tertiary alicyclic amines) is 1. The van der Waals surface area contributed by atoms with Crippen LogP contribution in [0.2, 0.25) is 5.02 Å². The third kappa shape index (κ3) is 6.39. The fourth-order valence-corrected chi connectivity index (χ4v) is 8.83. The summed E-state index contributed by atoms with van der Waals surface area (Å²) in [6.45, 7) is 6.00. The highest BCUT2D eigenvalue weighted by Gasteiger charge is 2.49. The molecule has 5 aromatic rings. The zero-order chi connectivity index (χ0) is 39.8. The van der Waals surface area contributed by atoms with E-state index >= 15 is 8.78 Å². The lowest BCUT2D eigenvalue weighted by Gasteiger charge is -2.39. The van der Waals surface area contributed by atoms with Crippen LogP contribution in [0.4, 0.5) is 14.5 Å². The van der Waals surface area contributed by atoms with Crippen molar-refractivity contribution in [1.29, 1.82) is 0 Å². The van der Waals surface area contributed by atoms with Crippen molar-refractivity contribution in [3.05, 3.63) is 96.9 Å². The topological polar surface area (TPSA) is 151 Å². The van der Waals surface area contributed by atoms with Crippen LogP contribution in [-0.2, 0) is 23.3 Å². The summed E-state index contributed by atoms with van der Waals surface area (Å²) in [5, 5.41) is 18.1. The molecule has 0 bridgehead atoms. The average molecular weight is 786 g/mol. The number of aromatic hydroxyl groups is 1. The Hall–Kier alpha value is -5.28. The number of fused-ring (bicyclic) bond motifs is 3. The molecular weight excluding hydrogens is 744 g/mol. The van der Waals surface area contributed by atoms with Crippen LogP contribution >= 0.6 is 11.6 Å². The van der Waals surface area contributed by atoms with E-state index in [1.54, 1.807) is 35.4 Å². The number of piperidine rings is 1. The molecule has 2 fully saturated rings. The molecule has 13 nitrogen and oxygen atoms in total. The SMILES string of the molecule is Cc1ncnc(C(=O)N2CCC3(CC2)CC(C)c2c3c(=O)n3nc(-c4ccc(CN(C)C)c(C)c4F)nc3n2CC(=O)Nc2cc(F)c(C3CC3)cc2Cl)c1O. The smallest absolute Gasteiger partial charge is 0.279 e. The van der Waals surface area contributed by atoms with Gasteiger partial charge in [-0.05, 0) is 107 Å². The molecule has 1 saturated carbocycles. The third-order valence-corrected chi connectivity index (χ3v) is 11.9. The maximum atomic E-state index is 16.0. The third-order valence-electron chi connectivity index (χ3n) is 11.6. The normalized spacial score (nSPS) is 17.6. The standard InChI is InChI=1S/C40H42ClF2N9O4/c1-20-16-40(10-12-50(13-11-40)38(56)33-35(54)22(3)44-19-45-33)31-34(20)51(18-30(53)46-29-15-28(42)26(14-27(29)41)23-6-7-23)39-47-36(48-52(39)37(31)55)25-9-8-24(17-49(4)5)21(2)32(25)43/h8-9,14-15,19-20,23,54H,6-7,10-13,16-18H2,1-5H3,(H,46,53). The summed E-state index contributed by atoms with van der Waals surface area (Å²) < 4.78 is 33.9. The van der Waals surface area contributed by atoms with Crippen molar-refractivity contribution in [2.45, 2.75) is 83.2 Å². The second kappa shape index (κ2) is 14.0. The largest absolute Gasteiger partial charge is 0.504 e. The first-order valence-corrected chi connectivity index (χ1v) is 19.1. The second-order valence-corrected chi connectivity index (χ2v) is 16.2. The molecule has 2 aromatic carbocycles. The number of rotatable bonds is 8. The van der Waals surface area contributed by atoms with E-state index in [2.05, 4.69) is 20.4 Å². The Morgan fingerprint density at radius 1 is 1.11 bits per heavy atom. The molecule has 1 atom stereocenters. The molecule has 1 saturated heterocycles. The quantitative estimate of drug-likeness (QED) is 0.197. The van der Waals surface area contributed by atoms with Gasteiger partial charge in [0, 0.05) is 36.3 Å². The maximum absolute atomic E-state index is 16.0. The Balaban J connectivity index is 1.20. The molecule has 0 radical (unpaired) electrons. The van der Waals surface area contributed by atoms with E-state index in [0.717, 1.165) is 22.9 Å². The van der Waals surface area contributed by atoms with Gasteiger partial charge in [-0.3, -0.25) is 14.4 Å². The van der Waals surface area contributed by atoms with Crippen LogP contribution in [-0.4, -0.2) is 83.0 Å². The summed E-state index contributed by atoms with van der Waals surface area (Å²) in [5.74, 6) is -2.26. The van der Waals surface area contributed by atoms with Crippen LogP contribution < -0.4 is 10.9 Å². The van der Waals surface area contributed by atoms with Crippen LogP contribution in [0.1, 0.15) is 95.0 Å². The molecule has 2 aliphatic carbocycles. The molecule has 16 heteroatoms. The molecular formula is C40H42ClF2N9O4. The van der Waals surface area contributed by atoms with E-state index in [4.69, 9.17) is 16.6 Å². The van der Waals surface area contributed by atoms with E-state index in [-0.39, 0.29) is 70.8 Å². The fourth-order valence-electron chi connectivity index (χ4n) is 8.61. The number of nitrogens with one attached hydrogen (secondary N) is 1. The summed E-state index contributed by atoms with van der Waals surface area (Å²) in [6, 6.07) is 6.20. The number of hydrogen-bond acceptors (Lipinski definition) is 9. The summed E-state index contributed by atoms with van der Waals surface area (Å²) in [6.07, 6.45) is 4.39. The van der Waals surface area contributed by atoms with Gasteiger partial charge >= 0.3 is 0 Å². The van der Waals surface area contributed by atoms with E-state index in [1.807, 2.05) is 32.0 Å². The van der Waals surface area contributed by atoms with Gasteiger partial charge in [0.05, 0.1) is 22.0 Å². The number of amides is 2. The number of nitrogens with zero attached hydrogens (tertiary/aromatic N) is 8. The van der Waals surface area contributed by atoms with E-state index in [1.165, 1.54) is 12.4 Å². The van der Waals surface area contributed by atoms with Crippen molar-refractivity contribution in [2.75, 3.05) is 32.5 Å². The van der Waals surface area contributed by atoms with E-state index in [0.29, 0.717) is 53.9 Å². The van der Waals surface area contributed by atoms with Crippen LogP contribution in [0.25, 0.3) is 17.2 Å². The van der Waals surface area contributed by atoms with Gasteiger partial charge in [0.25, 0.3) is 11.5 Å². The van der Waals surface area contributed by atoms with Crippen molar-refractivity contribution < 1.29 is 23.5 Å². The number of hydrogen-bond donors (Lipinski definition) is 2. The van der Waals surface area contributed by atoms with Crippen LogP contribution in [0.15, 0.2) is 35.4 Å². The van der Waals surface area contributed by atoms with Gasteiger partial charge in [0.15, 0.2) is 17.3 Å². The first-order chi connectivity index (χ1) is 26.7. The Labute approximate surface area is 326 Å². The Morgan fingerprint density at radius 3 is 2.54 bits per heavy atom. The van der Waals surface area contributed by atoms with Crippen molar-refractivity contribution >= 4 is 34.9 Å². The summed E-state index contributed by atoms with van der Waals surface area (Å²) in [7, 11) is 3.79. The number of benzene rings is 2.